The zero-order chi connectivity index (χ0) is 12.4. The first-order valence-electron chi connectivity index (χ1n) is 4.92. The minimum Gasteiger partial charge on any atom is -0.266 e. The Morgan fingerprint density at radius 1 is 1.29 bits per heavy atom. The molecule has 1 N–H and O–H groups in total. The van der Waals surface area contributed by atoms with Crippen molar-refractivity contribution < 1.29 is 0 Å². The van der Waals surface area contributed by atoms with Gasteiger partial charge in [-0.05, 0) is 24.6 Å². The van der Waals surface area contributed by atoms with Gasteiger partial charge in [0.05, 0.1) is 10.0 Å². The molecule has 1 heterocycles. The lowest BCUT2D eigenvalue weighted by Crippen LogP contribution is -2.18. The number of H-pyrrole nitrogens is 1. The van der Waals surface area contributed by atoms with E-state index in [9.17, 15) is 4.79 Å². The second kappa shape index (κ2) is 4.85. The van der Waals surface area contributed by atoms with E-state index in [1.54, 1.807) is 19.1 Å². The van der Waals surface area contributed by atoms with Gasteiger partial charge in [0.2, 0.25) is 0 Å². The number of rotatable bonds is 2. The number of nitrogens with one attached hydrogen (secondary N) is 1. The topological polar surface area (TPSA) is 58.6 Å². The highest BCUT2D eigenvalue weighted by atomic mass is 35.5. The van der Waals surface area contributed by atoms with Gasteiger partial charge < -0.3 is 0 Å². The van der Waals surface area contributed by atoms with Crippen LogP contribution in [0.5, 0.6) is 0 Å². The lowest BCUT2D eigenvalue weighted by Gasteiger charge is -2.02. The quantitative estimate of drug-likeness (QED) is 0.911. The normalized spacial score (nSPS) is 10.5. The molecule has 6 heteroatoms. The van der Waals surface area contributed by atoms with E-state index < -0.39 is 0 Å². The Morgan fingerprint density at radius 3 is 2.76 bits per heavy atom. The van der Waals surface area contributed by atoms with Gasteiger partial charge in [-0.25, -0.2) is 10.1 Å². The molecule has 0 spiro atoms. The maximum absolute atomic E-state index is 11.5. The fraction of sp³-hybridized carbons (Fsp3) is 0.182. The molecule has 2 rings (SSSR count). The number of aryl methyl sites for hydroxylation is 1. The number of hydrogen-bond acceptors (Lipinski definition) is 3. The molecule has 1 aromatic heterocycles. The fourth-order valence-electron chi connectivity index (χ4n) is 1.43. The van der Waals surface area contributed by atoms with E-state index in [4.69, 9.17) is 23.2 Å². The van der Waals surface area contributed by atoms with Gasteiger partial charge in [0.25, 0.3) is 5.56 Å². The average Bonchev–Trinajstić information content (AvgIpc) is 2.29. The molecule has 0 bridgehead atoms. The predicted octanol–water partition coefficient (Wildman–Crippen LogP) is 2.37. The largest absolute Gasteiger partial charge is 0.286 e. The predicted molar refractivity (Wildman–Crippen MR) is 66.7 cm³/mol. The molecule has 88 valence electrons. The number of nitrogens with zero attached hydrogens (tertiary/aromatic N) is 2. The molecule has 0 aliphatic carbocycles. The molecule has 0 atom stereocenters. The van der Waals surface area contributed by atoms with Crippen LogP contribution >= 0.6 is 23.2 Å². The Morgan fingerprint density at radius 2 is 2.06 bits per heavy atom. The Labute approximate surface area is 108 Å². The summed E-state index contributed by atoms with van der Waals surface area (Å²) in [7, 11) is 0. The summed E-state index contributed by atoms with van der Waals surface area (Å²) in [4.78, 5) is 15.6. The number of aromatic nitrogens is 3. The van der Waals surface area contributed by atoms with Crippen molar-refractivity contribution in [3.8, 4) is 0 Å². The molecule has 1 aromatic carbocycles. The Kier molecular flexibility index (Phi) is 3.45. The van der Waals surface area contributed by atoms with E-state index in [0.717, 1.165) is 5.56 Å². The van der Waals surface area contributed by atoms with Crippen molar-refractivity contribution in [3.05, 3.63) is 55.7 Å². The maximum atomic E-state index is 11.5. The van der Waals surface area contributed by atoms with Crippen molar-refractivity contribution >= 4 is 23.2 Å². The van der Waals surface area contributed by atoms with Crippen LogP contribution in [0.1, 0.15) is 17.1 Å². The summed E-state index contributed by atoms with van der Waals surface area (Å²) in [6.07, 6.45) is 0.398. The molecule has 0 fully saturated rings. The Bertz CT molecular complexity index is 610. The summed E-state index contributed by atoms with van der Waals surface area (Å²) in [5.41, 5.74) is 1.00. The molecule has 0 radical (unpaired) electrons. The van der Waals surface area contributed by atoms with E-state index in [1.165, 1.54) is 0 Å². The molecule has 0 saturated carbocycles. The average molecular weight is 270 g/mol. The molecule has 0 saturated heterocycles. The van der Waals surface area contributed by atoms with E-state index in [-0.39, 0.29) is 5.56 Å². The molecule has 0 unspecified atom stereocenters. The molecule has 0 aliphatic heterocycles. The van der Waals surface area contributed by atoms with Crippen LogP contribution in [0.2, 0.25) is 10.0 Å². The highest BCUT2D eigenvalue weighted by Gasteiger charge is 2.06. The van der Waals surface area contributed by atoms with E-state index in [1.807, 2.05) is 6.07 Å². The second-order valence-corrected chi connectivity index (χ2v) is 4.40. The Balaban J connectivity index is 2.34. The summed E-state index contributed by atoms with van der Waals surface area (Å²) in [5, 5.41) is 7.06. The molecule has 0 amide bonds. The van der Waals surface area contributed by atoms with Crippen molar-refractivity contribution in [2.75, 3.05) is 0 Å². The summed E-state index contributed by atoms with van der Waals surface area (Å²) in [6.45, 7) is 1.72. The molecule has 4 nitrogen and oxygen atoms in total. The first-order chi connectivity index (χ1) is 8.06. The van der Waals surface area contributed by atoms with Crippen LogP contribution in [0.4, 0.5) is 0 Å². The van der Waals surface area contributed by atoms with Crippen LogP contribution in [0.15, 0.2) is 23.0 Å². The zero-order valence-corrected chi connectivity index (χ0v) is 10.5. The lowest BCUT2D eigenvalue weighted by atomic mass is 10.1. The first-order valence-corrected chi connectivity index (χ1v) is 5.68. The molecular weight excluding hydrogens is 261 g/mol. The van der Waals surface area contributed by atoms with Gasteiger partial charge in [0, 0.05) is 6.42 Å². The third-order valence-electron chi connectivity index (χ3n) is 2.23. The SMILES string of the molecule is Cc1n[nH]c(=O)c(Cc2ccc(Cl)c(Cl)c2)n1. The van der Waals surface area contributed by atoms with E-state index in [0.29, 0.717) is 28.0 Å². The van der Waals surface area contributed by atoms with Crippen molar-refractivity contribution in [1.29, 1.82) is 0 Å². The molecular formula is C11H9Cl2N3O. The highest BCUT2D eigenvalue weighted by molar-refractivity contribution is 6.42. The number of hydrogen-bond donors (Lipinski definition) is 1. The van der Waals surface area contributed by atoms with Crippen LogP contribution in [0, 0.1) is 6.92 Å². The zero-order valence-electron chi connectivity index (χ0n) is 9.00. The van der Waals surface area contributed by atoms with Crippen molar-refractivity contribution in [2.24, 2.45) is 0 Å². The minimum atomic E-state index is -0.290. The maximum Gasteiger partial charge on any atom is 0.286 e. The fourth-order valence-corrected chi connectivity index (χ4v) is 1.75. The van der Waals surface area contributed by atoms with Crippen LogP contribution in [-0.2, 0) is 6.42 Å². The van der Waals surface area contributed by atoms with Gasteiger partial charge in [0.1, 0.15) is 11.5 Å². The van der Waals surface area contributed by atoms with Gasteiger partial charge in [-0.3, -0.25) is 4.79 Å². The lowest BCUT2D eigenvalue weighted by molar-refractivity contribution is 0.831. The Hall–Kier alpha value is -1.39. The first kappa shape index (κ1) is 12.1. The summed E-state index contributed by atoms with van der Waals surface area (Å²) >= 11 is 11.7. The molecule has 0 aliphatic rings. The smallest absolute Gasteiger partial charge is 0.266 e. The van der Waals surface area contributed by atoms with E-state index >= 15 is 0 Å². The molecule has 2 aromatic rings. The summed E-state index contributed by atoms with van der Waals surface area (Å²) < 4.78 is 0. The number of benzene rings is 1. The standard InChI is InChI=1S/C11H9Cl2N3O/c1-6-14-10(11(17)16-15-6)5-7-2-3-8(12)9(13)4-7/h2-4H,5H2,1H3,(H,16,17). The monoisotopic (exact) mass is 269 g/mol. The highest BCUT2D eigenvalue weighted by Crippen LogP contribution is 2.23. The number of halogens is 2. The van der Waals surface area contributed by atoms with Gasteiger partial charge in [-0.15, -0.1) is 0 Å². The van der Waals surface area contributed by atoms with Gasteiger partial charge in [-0.1, -0.05) is 29.3 Å². The summed E-state index contributed by atoms with van der Waals surface area (Å²) in [5.74, 6) is 0.527. The van der Waals surface area contributed by atoms with Crippen molar-refractivity contribution in [2.45, 2.75) is 13.3 Å². The minimum absolute atomic E-state index is 0.290. The summed E-state index contributed by atoms with van der Waals surface area (Å²) in [6, 6.07) is 5.23. The van der Waals surface area contributed by atoms with Crippen molar-refractivity contribution in [1.82, 2.24) is 15.2 Å². The second-order valence-electron chi connectivity index (χ2n) is 3.58. The van der Waals surface area contributed by atoms with Gasteiger partial charge >= 0.3 is 0 Å². The molecule has 17 heavy (non-hydrogen) atoms. The van der Waals surface area contributed by atoms with E-state index in [2.05, 4.69) is 15.2 Å². The van der Waals surface area contributed by atoms with Gasteiger partial charge in [0.15, 0.2) is 0 Å². The van der Waals surface area contributed by atoms with Crippen molar-refractivity contribution in [3.63, 3.8) is 0 Å². The van der Waals surface area contributed by atoms with Crippen LogP contribution in [0.25, 0.3) is 0 Å². The third kappa shape index (κ3) is 2.84. The third-order valence-corrected chi connectivity index (χ3v) is 2.97. The number of aromatic amines is 1. The van der Waals surface area contributed by atoms with Crippen LogP contribution in [0.3, 0.4) is 0 Å². The van der Waals surface area contributed by atoms with Crippen LogP contribution in [-0.4, -0.2) is 15.2 Å². The van der Waals surface area contributed by atoms with Crippen LogP contribution < -0.4 is 5.56 Å². The van der Waals surface area contributed by atoms with Gasteiger partial charge in [-0.2, -0.15) is 5.10 Å².